The fourth-order valence-electron chi connectivity index (χ4n) is 4.08. The maximum atomic E-state index is 11.6. The van der Waals surface area contributed by atoms with Gasteiger partial charge in [-0.25, -0.2) is 4.68 Å². The Bertz CT molecular complexity index is 984. The second-order valence-corrected chi connectivity index (χ2v) is 8.04. The van der Waals surface area contributed by atoms with E-state index in [0.717, 1.165) is 43.7 Å². The first-order chi connectivity index (χ1) is 14.6. The highest BCUT2D eigenvalue weighted by Gasteiger charge is 2.33. The lowest BCUT2D eigenvalue weighted by molar-refractivity contribution is -0.123. The maximum absolute atomic E-state index is 11.6. The second-order valence-electron chi connectivity index (χ2n) is 7.63. The van der Waals surface area contributed by atoms with Crippen molar-refractivity contribution in [1.82, 2.24) is 25.1 Å². The molecule has 2 N–H and O–H groups in total. The third-order valence-electron chi connectivity index (χ3n) is 5.76. The zero-order chi connectivity index (χ0) is 20.9. The van der Waals surface area contributed by atoms with Crippen LogP contribution in [0.3, 0.4) is 0 Å². The van der Waals surface area contributed by atoms with E-state index in [-0.39, 0.29) is 17.9 Å². The molecule has 4 rings (SSSR count). The Hall–Kier alpha value is -2.77. The summed E-state index contributed by atoms with van der Waals surface area (Å²) in [5.74, 6) is 0.454. The average molecular weight is 425 g/mol. The first kappa shape index (κ1) is 20.5. The van der Waals surface area contributed by atoms with Gasteiger partial charge in [-0.2, -0.15) is 0 Å². The van der Waals surface area contributed by atoms with Gasteiger partial charge in [-0.3, -0.25) is 9.69 Å². The Morgan fingerprint density at radius 1 is 1.10 bits per heavy atom. The van der Waals surface area contributed by atoms with E-state index in [1.54, 1.807) is 0 Å². The monoisotopic (exact) mass is 424 g/mol. The molecule has 0 unspecified atom stereocenters. The molecule has 30 heavy (non-hydrogen) atoms. The Morgan fingerprint density at radius 2 is 1.80 bits per heavy atom. The van der Waals surface area contributed by atoms with Gasteiger partial charge in [0, 0.05) is 17.5 Å². The molecule has 8 heteroatoms. The molecular weight excluding hydrogens is 400 g/mol. The van der Waals surface area contributed by atoms with Crippen molar-refractivity contribution in [2.24, 2.45) is 11.7 Å². The number of aromatic nitrogens is 4. The van der Waals surface area contributed by atoms with Gasteiger partial charge in [0.05, 0.1) is 6.04 Å². The number of nitrogens with zero attached hydrogens (tertiary/aromatic N) is 5. The minimum atomic E-state index is -0.225. The number of nitrogens with two attached hydrogens (primary N) is 1. The van der Waals surface area contributed by atoms with Crippen molar-refractivity contribution in [2.45, 2.75) is 31.8 Å². The molecular formula is C22H25ClN6O. The quantitative estimate of drug-likeness (QED) is 0.629. The van der Waals surface area contributed by atoms with Crippen molar-refractivity contribution in [3.05, 3.63) is 76.6 Å². The van der Waals surface area contributed by atoms with Crippen LogP contribution in [0, 0.1) is 5.92 Å². The number of amides is 1. The number of piperidine rings is 1. The highest BCUT2D eigenvalue weighted by Crippen LogP contribution is 2.34. The molecule has 1 amide bonds. The number of primary amides is 1. The number of likely N-dealkylation sites (tertiary alicyclic amines) is 1. The smallest absolute Gasteiger partial charge is 0.220 e. The Kier molecular flexibility index (Phi) is 6.40. The van der Waals surface area contributed by atoms with E-state index in [1.165, 1.54) is 5.56 Å². The van der Waals surface area contributed by atoms with Crippen LogP contribution in [0.5, 0.6) is 0 Å². The average Bonchev–Trinajstić information content (AvgIpc) is 3.23. The molecule has 0 radical (unpaired) electrons. The molecule has 1 saturated heterocycles. The van der Waals surface area contributed by atoms with Crippen LogP contribution in [0.2, 0.25) is 5.02 Å². The van der Waals surface area contributed by atoms with Gasteiger partial charge < -0.3 is 5.73 Å². The topological polar surface area (TPSA) is 89.9 Å². The van der Waals surface area contributed by atoms with E-state index in [4.69, 9.17) is 17.3 Å². The zero-order valence-corrected chi connectivity index (χ0v) is 17.4. The van der Waals surface area contributed by atoms with Gasteiger partial charge in [0.25, 0.3) is 0 Å². The van der Waals surface area contributed by atoms with Crippen LogP contribution in [0.1, 0.15) is 35.8 Å². The highest BCUT2D eigenvalue weighted by atomic mass is 35.5. The van der Waals surface area contributed by atoms with Crippen LogP contribution < -0.4 is 5.73 Å². The number of benzene rings is 2. The van der Waals surface area contributed by atoms with E-state index >= 15 is 0 Å². The minimum absolute atomic E-state index is 0.0813. The van der Waals surface area contributed by atoms with Gasteiger partial charge in [0.15, 0.2) is 5.82 Å². The zero-order valence-electron chi connectivity index (χ0n) is 16.7. The number of hydrogen-bond acceptors (Lipinski definition) is 5. The number of aryl methyl sites for hydroxylation is 2. The van der Waals surface area contributed by atoms with E-state index < -0.39 is 0 Å². The number of carbonyl (C=O) groups excluding carboxylic acids is 1. The number of carbonyl (C=O) groups is 1. The second kappa shape index (κ2) is 9.36. The molecule has 1 fully saturated rings. The molecule has 0 saturated carbocycles. The van der Waals surface area contributed by atoms with Crippen molar-refractivity contribution < 1.29 is 4.79 Å². The Labute approximate surface area is 180 Å². The molecule has 0 spiro atoms. The molecule has 0 bridgehead atoms. The minimum Gasteiger partial charge on any atom is -0.369 e. The van der Waals surface area contributed by atoms with Gasteiger partial charge in [0.2, 0.25) is 5.91 Å². The van der Waals surface area contributed by atoms with E-state index in [1.807, 2.05) is 47.1 Å². The van der Waals surface area contributed by atoms with Gasteiger partial charge in [0.1, 0.15) is 0 Å². The Balaban J connectivity index is 1.62. The molecule has 7 nitrogen and oxygen atoms in total. The first-order valence-electron chi connectivity index (χ1n) is 10.2. The standard InChI is InChI=1S/C22H25ClN6O/c23-19-9-5-4-8-18(19)20(28-13-11-17(12-14-28)21(24)30)22-25-26-27-29(22)15-10-16-6-2-1-3-7-16/h1-9,17,20H,10-15H2,(H2,24,30)/t20-/m0/s1. The Morgan fingerprint density at radius 3 is 2.50 bits per heavy atom. The molecule has 156 valence electrons. The van der Waals surface area contributed by atoms with Crippen molar-refractivity contribution in [3.63, 3.8) is 0 Å². The predicted molar refractivity (Wildman–Crippen MR) is 115 cm³/mol. The summed E-state index contributed by atoms with van der Waals surface area (Å²) < 4.78 is 1.86. The predicted octanol–water partition coefficient (Wildman–Crippen LogP) is 2.86. The molecule has 1 atom stereocenters. The normalized spacial score (nSPS) is 16.4. The summed E-state index contributed by atoms with van der Waals surface area (Å²) in [6.07, 6.45) is 2.28. The molecule has 1 aromatic heterocycles. The maximum Gasteiger partial charge on any atom is 0.220 e. The summed E-state index contributed by atoms with van der Waals surface area (Å²) in [6.45, 7) is 2.13. The van der Waals surface area contributed by atoms with E-state index in [2.05, 4.69) is 32.6 Å². The van der Waals surface area contributed by atoms with Gasteiger partial charge in [-0.15, -0.1) is 5.10 Å². The lowest BCUT2D eigenvalue weighted by atomic mass is 9.93. The van der Waals surface area contributed by atoms with Crippen molar-refractivity contribution in [1.29, 1.82) is 0 Å². The largest absolute Gasteiger partial charge is 0.369 e. The van der Waals surface area contributed by atoms with E-state index in [0.29, 0.717) is 11.6 Å². The fraction of sp³-hybridized carbons (Fsp3) is 0.364. The molecule has 1 aliphatic rings. The third-order valence-corrected chi connectivity index (χ3v) is 6.10. The van der Waals surface area contributed by atoms with E-state index in [9.17, 15) is 4.79 Å². The van der Waals surface area contributed by atoms with Crippen molar-refractivity contribution in [2.75, 3.05) is 13.1 Å². The van der Waals surface area contributed by atoms with Gasteiger partial charge in [-0.1, -0.05) is 60.1 Å². The number of halogens is 1. The molecule has 0 aliphatic carbocycles. The number of rotatable bonds is 7. The fourth-order valence-corrected chi connectivity index (χ4v) is 4.32. The third kappa shape index (κ3) is 4.52. The highest BCUT2D eigenvalue weighted by molar-refractivity contribution is 6.31. The summed E-state index contributed by atoms with van der Waals surface area (Å²) in [6, 6.07) is 17.9. The summed E-state index contributed by atoms with van der Waals surface area (Å²) in [4.78, 5) is 13.9. The summed E-state index contributed by atoms with van der Waals surface area (Å²) in [5.41, 5.74) is 7.72. The lowest BCUT2D eigenvalue weighted by Gasteiger charge is -2.36. The molecule has 3 aromatic rings. The molecule has 2 aromatic carbocycles. The van der Waals surface area contributed by atoms with Crippen LogP contribution >= 0.6 is 11.6 Å². The molecule has 1 aliphatic heterocycles. The summed E-state index contributed by atoms with van der Waals surface area (Å²) in [5, 5.41) is 13.3. The molecule has 2 heterocycles. The first-order valence-corrected chi connectivity index (χ1v) is 10.6. The lowest BCUT2D eigenvalue weighted by Crippen LogP contribution is -2.41. The number of tetrazole rings is 1. The van der Waals surface area contributed by atoms with Crippen LogP contribution in [0.25, 0.3) is 0 Å². The van der Waals surface area contributed by atoms with Gasteiger partial charge in [-0.05, 0) is 60.0 Å². The summed E-state index contributed by atoms with van der Waals surface area (Å²) in [7, 11) is 0. The summed E-state index contributed by atoms with van der Waals surface area (Å²) >= 11 is 6.58. The van der Waals surface area contributed by atoms with Crippen LogP contribution in [0.15, 0.2) is 54.6 Å². The van der Waals surface area contributed by atoms with Crippen molar-refractivity contribution >= 4 is 17.5 Å². The SMILES string of the molecule is NC(=O)C1CCN([C@@H](c2ccccc2Cl)c2nnnn2CCc2ccccc2)CC1. The van der Waals surface area contributed by atoms with Crippen molar-refractivity contribution in [3.8, 4) is 0 Å². The number of hydrogen-bond donors (Lipinski definition) is 1. The van der Waals surface area contributed by atoms with Gasteiger partial charge >= 0.3 is 0 Å². The van der Waals surface area contributed by atoms with Crippen LogP contribution in [-0.2, 0) is 17.8 Å². The van der Waals surface area contributed by atoms with Crippen LogP contribution in [-0.4, -0.2) is 44.1 Å². The van der Waals surface area contributed by atoms with Crippen LogP contribution in [0.4, 0.5) is 0 Å².